The zero-order valence-corrected chi connectivity index (χ0v) is 21.2. The molecule has 0 saturated carbocycles. The molecule has 39 heavy (non-hydrogen) atoms. The molecule has 0 fully saturated rings. The molecule has 3 aromatic rings. The summed E-state index contributed by atoms with van der Waals surface area (Å²) in [7, 11) is 0. The summed E-state index contributed by atoms with van der Waals surface area (Å²) < 4.78 is 81.8. The Morgan fingerprint density at radius 1 is 1.05 bits per heavy atom. The molecule has 14 heteroatoms. The van der Waals surface area contributed by atoms with E-state index >= 15 is 0 Å². The van der Waals surface area contributed by atoms with Gasteiger partial charge in [-0.05, 0) is 32.0 Å². The average Bonchev–Trinajstić information content (AvgIpc) is 3.38. The van der Waals surface area contributed by atoms with Crippen LogP contribution in [-0.2, 0) is 19.8 Å². The molecule has 1 aliphatic rings. The number of halogens is 4. The molecule has 0 saturated heterocycles. The molecule has 0 unspecified atom stereocenters. The van der Waals surface area contributed by atoms with Gasteiger partial charge >= 0.3 is 6.18 Å². The Morgan fingerprint density at radius 2 is 1.82 bits per heavy atom. The molecule has 0 radical (unpaired) electrons. The molecular formula is C25H27F4N5O5. The minimum Gasteiger partial charge on any atom is -0.474 e. The normalized spacial score (nSPS) is 19.4. The van der Waals surface area contributed by atoms with Crippen LogP contribution >= 0.6 is 0 Å². The molecule has 0 bridgehead atoms. The van der Waals surface area contributed by atoms with Crippen molar-refractivity contribution in [1.29, 1.82) is 0 Å². The van der Waals surface area contributed by atoms with E-state index in [1.807, 2.05) is 6.92 Å². The zero-order chi connectivity index (χ0) is 28.0. The van der Waals surface area contributed by atoms with Crippen molar-refractivity contribution in [3.05, 3.63) is 48.0 Å². The van der Waals surface area contributed by atoms with Gasteiger partial charge in [-0.3, -0.25) is 0 Å². The van der Waals surface area contributed by atoms with Crippen LogP contribution in [0.1, 0.15) is 25.8 Å². The number of nitrogens with two attached hydrogens (primary N) is 1. The second kappa shape index (κ2) is 11.9. The summed E-state index contributed by atoms with van der Waals surface area (Å²) in [6, 6.07) is 2.61. The lowest BCUT2D eigenvalue weighted by molar-refractivity contribution is -0.164. The number of alkyl halides is 3. The Kier molecular flexibility index (Phi) is 8.65. The smallest absolute Gasteiger partial charge is 0.411 e. The molecule has 0 aliphatic carbocycles. The number of aromatic nitrogens is 3. The van der Waals surface area contributed by atoms with Crippen LogP contribution in [0.5, 0.6) is 5.88 Å². The Labute approximate surface area is 221 Å². The molecule has 0 spiro atoms. The van der Waals surface area contributed by atoms with Crippen LogP contribution < -0.4 is 10.5 Å². The molecule has 2 atom stereocenters. The lowest BCUT2D eigenvalue weighted by Gasteiger charge is -2.37. The third-order valence-corrected chi connectivity index (χ3v) is 5.85. The topological polar surface area (TPSA) is 127 Å². The van der Waals surface area contributed by atoms with Gasteiger partial charge in [-0.2, -0.15) is 13.2 Å². The van der Waals surface area contributed by atoms with Crippen LogP contribution in [0.3, 0.4) is 0 Å². The molecule has 10 nitrogen and oxygen atoms in total. The highest BCUT2D eigenvalue weighted by molar-refractivity contribution is 5.73. The van der Waals surface area contributed by atoms with Gasteiger partial charge in [0.1, 0.15) is 29.4 Å². The number of rotatable bonds is 11. The van der Waals surface area contributed by atoms with Crippen LogP contribution in [0.25, 0.3) is 22.7 Å². The van der Waals surface area contributed by atoms with E-state index in [0.29, 0.717) is 49.3 Å². The second-order valence-electron chi connectivity index (χ2n) is 8.73. The lowest BCUT2D eigenvalue weighted by atomic mass is 9.86. The first-order valence-electron chi connectivity index (χ1n) is 12.1. The highest BCUT2D eigenvalue weighted by Crippen LogP contribution is 2.41. The van der Waals surface area contributed by atoms with Crippen molar-refractivity contribution in [3.8, 4) is 28.6 Å². The summed E-state index contributed by atoms with van der Waals surface area (Å²) in [5.41, 5.74) is 4.74. The Morgan fingerprint density at radius 3 is 2.54 bits per heavy atom. The minimum atomic E-state index is -4.66. The monoisotopic (exact) mass is 553 g/mol. The van der Waals surface area contributed by atoms with E-state index in [4.69, 9.17) is 29.2 Å². The van der Waals surface area contributed by atoms with E-state index in [2.05, 4.69) is 20.1 Å². The first-order valence-corrected chi connectivity index (χ1v) is 12.1. The lowest BCUT2D eigenvalue weighted by Crippen LogP contribution is -2.46. The molecule has 0 amide bonds. The number of nitrogens with zero attached hydrogens (tertiary/aromatic N) is 4. The fourth-order valence-corrected chi connectivity index (χ4v) is 3.93. The maximum atomic E-state index is 14.8. The highest BCUT2D eigenvalue weighted by Gasteiger charge is 2.49. The predicted octanol–water partition coefficient (Wildman–Crippen LogP) is 4.25. The number of benzene rings is 1. The minimum absolute atomic E-state index is 0.131. The summed E-state index contributed by atoms with van der Waals surface area (Å²) in [4.78, 5) is 11.8. The van der Waals surface area contributed by atoms with Gasteiger partial charge in [-0.25, -0.2) is 19.4 Å². The molecular weight excluding hydrogens is 526 g/mol. The van der Waals surface area contributed by atoms with Crippen LogP contribution in [0.4, 0.5) is 17.6 Å². The summed E-state index contributed by atoms with van der Waals surface area (Å²) in [6.07, 6.45) is -2.45. The van der Waals surface area contributed by atoms with Gasteiger partial charge < -0.3 is 29.2 Å². The third kappa shape index (κ3) is 7.00. The van der Waals surface area contributed by atoms with Crippen molar-refractivity contribution in [3.63, 3.8) is 0 Å². The van der Waals surface area contributed by atoms with Crippen molar-refractivity contribution in [2.24, 2.45) is 10.7 Å². The van der Waals surface area contributed by atoms with Gasteiger partial charge in [-0.15, -0.1) is 0 Å². The number of amidine groups is 1. The largest absolute Gasteiger partial charge is 0.474 e. The van der Waals surface area contributed by atoms with E-state index in [1.165, 1.54) is 31.5 Å². The van der Waals surface area contributed by atoms with Crippen LogP contribution in [0.2, 0.25) is 0 Å². The van der Waals surface area contributed by atoms with Crippen LogP contribution in [0.15, 0.2) is 46.2 Å². The van der Waals surface area contributed by atoms with Gasteiger partial charge in [0, 0.05) is 30.2 Å². The van der Waals surface area contributed by atoms with E-state index in [9.17, 15) is 17.6 Å². The third-order valence-electron chi connectivity index (χ3n) is 5.85. The molecule has 2 N–H and O–H groups in total. The summed E-state index contributed by atoms with van der Waals surface area (Å²) in [5, 5.41) is 3.98. The van der Waals surface area contributed by atoms with Gasteiger partial charge in [0.15, 0.2) is 11.8 Å². The van der Waals surface area contributed by atoms with Gasteiger partial charge in [0.2, 0.25) is 5.88 Å². The fourth-order valence-electron chi connectivity index (χ4n) is 3.93. The number of ether oxygens (including phenoxy) is 4. The molecule has 2 aromatic heterocycles. The standard InChI is InChI=1S/C25H27F4N5O5/c1-3-35-6-7-36-8-9-37-22-14-31-19(13-32-22)18-11-20(39-34-18)15-4-5-17(26)16(10-15)24(2)12-21(25(27,28)29)33-23(30)38-24/h4-5,10-11,13-14,21H,3,6-9,12H2,1-2H3,(H2,30,33)/t21-,24-/m0/s1. The number of aliphatic imine (C=N–C) groups is 1. The number of hydrogen-bond donors (Lipinski definition) is 1. The van der Waals surface area contributed by atoms with Crippen molar-refractivity contribution in [2.75, 3.05) is 33.0 Å². The van der Waals surface area contributed by atoms with Crippen molar-refractivity contribution in [2.45, 2.75) is 38.1 Å². The van der Waals surface area contributed by atoms with Crippen molar-refractivity contribution >= 4 is 6.02 Å². The van der Waals surface area contributed by atoms with E-state index < -0.39 is 36.1 Å². The SMILES string of the molecule is CCOCCOCCOc1cnc(-c2cc(-c3ccc(F)c([C@]4(C)C[C@@H](C(F)(F)F)N=C(N)O4)c3)on2)cn1. The maximum absolute atomic E-state index is 14.8. The first kappa shape index (κ1) is 28.2. The molecule has 3 heterocycles. The van der Waals surface area contributed by atoms with E-state index in [0.717, 1.165) is 6.07 Å². The van der Waals surface area contributed by atoms with Crippen molar-refractivity contribution < 1.29 is 41.0 Å². The maximum Gasteiger partial charge on any atom is 0.411 e. The zero-order valence-electron chi connectivity index (χ0n) is 21.2. The van der Waals surface area contributed by atoms with Gasteiger partial charge in [0.25, 0.3) is 6.02 Å². The Balaban J connectivity index is 1.45. The van der Waals surface area contributed by atoms with Gasteiger partial charge in [-0.1, -0.05) is 5.16 Å². The van der Waals surface area contributed by atoms with Gasteiger partial charge in [0.05, 0.1) is 32.2 Å². The van der Waals surface area contributed by atoms with E-state index in [-0.39, 0.29) is 17.9 Å². The van der Waals surface area contributed by atoms with Crippen LogP contribution in [0, 0.1) is 5.82 Å². The number of hydrogen-bond acceptors (Lipinski definition) is 10. The Hall–Kier alpha value is -3.78. The average molecular weight is 554 g/mol. The second-order valence-corrected chi connectivity index (χ2v) is 8.73. The first-order chi connectivity index (χ1) is 18.6. The summed E-state index contributed by atoms with van der Waals surface area (Å²) >= 11 is 0. The molecule has 1 aromatic carbocycles. The molecule has 1 aliphatic heterocycles. The van der Waals surface area contributed by atoms with Crippen molar-refractivity contribution in [1.82, 2.24) is 15.1 Å². The van der Waals surface area contributed by atoms with E-state index in [1.54, 1.807) is 6.07 Å². The summed E-state index contributed by atoms with van der Waals surface area (Å²) in [5.74, 6) is -0.247. The predicted molar refractivity (Wildman–Crippen MR) is 130 cm³/mol. The molecule has 210 valence electrons. The van der Waals surface area contributed by atoms with Crippen LogP contribution in [-0.4, -0.2) is 66.4 Å². The summed E-state index contributed by atoms with van der Waals surface area (Å²) in [6.45, 7) is 5.49. The quantitative estimate of drug-likeness (QED) is 0.274. The fraction of sp³-hybridized carbons (Fsp3) is 0.440. The highest BCUT2D eigenvalue weighted by atomic mass is 19.4. The Bertz CT molecular complexity index is 1280. The molecule has 4 rings (SSSR count).